The number of aromatic carboxylic acids is 1. The fraction of sp³-hybridized carbons (Fsp3) is 0.579. The Morgan fingerprint density at radius 3 is 2.50 bits per heavy atom. The van der Waals surface area contributed by atoms with E-state index in [1.807, 2.05) is 12.1 Å². The van der Waals surface area contributed by atoms with Crippen molar-refractivity contribution in [3.8, 4) is 0 Å². The van der Waals surface area contributed by atoms with Crippen molar-refractivity contribution < 1.29 is 14.7 Å². The lowest BCUT2D eigenvalue weighted by atomic mass is 9.94. The summed E-state index contributed by atoms with van der Waals surface area (Å²) in [6, 6.07) is 7.46. The molecule has 1 amide bonds. The minimum absolute atomic E-state index is 0.140. The quantitative estimate of drug-likeness (QED) is 0.900. The van der Waals surface area contributed by atoms with Gasteiger partial charge in [-0.3, -0.25) is 9.69 Å². The van der Waals surface area contributed by atoms with Crippen LogP contribution in [0.1, 0.15) is 41.6 Å². The number of benzene rings is 1. The molecule has 24 heavy (non-hydrogen) atoms. The van der Waals surface area contributed by atoms with Crippen molar-refractivity contribution in [1.29, 1.82) is 0 Å². The highest BCUT2D eigenvalue weighted by atomic mass is 16.4. The molecule has 1 aromatic rings. The van der Waals surface area contributed by atoms with Crippen molar-refractivity contribution in [2.75, 3.05) is 19.6 Å². The molecular formula is C19H24N2O3. The van der Waals surface area contributed by atoms with E-state index < -0.39 is 5.97 Å². The molecule has 128 valence electrons. The summed E-state index contributed by atoms with van der Waals surface area (Å²) in [5.41, 5.74) is 1.43. The first-order valence-corrected chi connectivity index (χ1v) is 8.95. The van der Waals surface area contributed by atoms with Crippen LogP contribution in [0.3, 0.4) is 0 Å². The molecule has 5 nitrogen and oxygen atoms in total. The molecule has 3 heterocycles. The molecule has 0 aromatic heterocycles. The van der Waals surface area contributed by atoms with Crippen LogP contribution >= 0.6 is 0 Å². The zero-order valence-corrected chi connectivity index (χ0v) is 13.9. The lowest BCUT2D eigenvalue weighted by molar-refractivity contribution is -0.140. The van der Waals surface area contributed by atoms with Crippen LogP contribution in [0.25, 0.3) is 0 Å². The number of rotatable bonds is 5. The third-order valence-corrected chi connectivity index (χ3v) is 5.63. The van der Waals surface area contributed by atoms with Crippen LogP contribution in [0.4, 0.5) is 0 Å². The zero-order chi connectivity index (χ0) is 16.7. The van der Waals surface area contributed by atoms with Crippen molar-refractivity contribution >= 4 is 11.9 Å². The highest BCUT2D eigenvalue weighted by Gasteiger charge is 2.42. The van der Waals surface area contributed by atoms with Crippen LogP contribution < -0.4 is 0 Å². The van der Waals surface area contributed by atoms with Crippen molar-refractivity contribution in [2.24, 2.45) is 11.8 Å². The molecule has 5 rings (SSSR count). The molecule has 3 aliphatic heterocycles. The summed E-state index contributed by atoms with van der Waals surface area (Å²) >= 11 is 0. The van der Waals surface area contributed by atoms with E-state index in [2.05, 4.69) is 9.80 Å². The molecule has 4 aliphatic rings. The summed E-state index contributed by atoms with van der Waals surface area (Å²) in [4.78, 5) is 28.2. The number of carboxylic acid groups (broad SMARTS) is 1. The van der Waals surface area contributed by atoms with Crippen LogP contribution in [-0.4, -0.2) is 52.5 Å². The summed E-state index contributed by atoms with van der Waals surface area (Å²) in [5, 5.41) is 8.99. The molecule has 0 unspecified atom stereocenters. The van der Waals surface area contributed by atoms with Gasteiger partial charge in [-0.2, -0.15) is 0 Å². The molecule has 1 aliphatic carbocycles. The van der Waals surface area contributed by atoms with Gasteiger partial charge in [0.05, 0.1) is 11.5 Å². The minimum Gasteiger partial charge on any atom is -0.478 e. The summed E-state index contributed by atoms with van der Waals surface area (Å²) in [7, 11) is 0. The largest absolute Gasteiger partial charge is 0.478 e. The average Bonchev–Trinajstić information content (AvgIpc) is 3.39. The number of hydrogen-bond acceptors (Lipinski definition) is 3. The molecule has 5 heteroatoms. The van der Waals surface area contributed by atoms with E-state index >= 15 is 0 Å². The summed E-state index contributed by atoms with van der Waals surface area (Å²) in [6.07, 6.45) is 4.69. The molecule has 0 radical (unpaired) electrons. The number of nitrogens with zero attached hydrogens (tertiary/aromatic N) is 2. The standard InChI is InChI=1S/C19H24N2O3/c22-18-16-7-8-17(21(18)10-14-1-2-14)12-20(11-16)9-13-3-5-15(6-4-13)19(23)24/h3-6,14,16-17H,1-2,7-12H2,(H,23,24)/t16-,17+/m0/s1. The Morgan fingerprint density at radius 1 is 1.08 bits per heavy atom. The maximum Gasteiger partial charge on any atom is 0.335 e. The Kier molecular flexibility index (Phi) is 4.04. The SMILES string of the molecule is O=C(O)c1ccc(CN2C[C@@H]3CC[C@H](C2)N(CC2CC2)C3=O)cc1. The lowest BCUT2D eigenvalue weighted by Crippen LogP contribution is -2.48. The molecule has 0 spiro atoms. The second-order valence-electron chi connectivity index (χ2n) is 7.56. The third-order valence-electron chi connectivity index (χ3n) is 5.63. The van der Waals surface area contributed by atoms with E-state index in [9.17, 15) is 9.59 Å². The van der Waals surface area contributed by atoms with Gasteiger partial charge >= 0.3 is 5.97 Å². The molecule has 1 saturated carbocycles. The molecule has 1 N–H and O–H groups in total. The fourth-order valence-corrected chi connectivity index (χ4v) is 4.09. The van der Waals surface area contributed by atoms with Gasteiger partial charge in [-0.25, -0.2) is 4.79 Å². The van der Waals surface area contributed by atoms with Crippen LogP contribution in [0.2, 0.25) is 0 Å². The van der Waals surface area contributed by atoms with Gasteiger partial charge < -0.3 is 10.0 Å². The van der Waals surface area contributed by atoms with Gasteiger partial charge in [0.15, 0.2) is 0 Å². The molecule has 1 aromatic carbocycles. The summed E-state index contributed by atoms with van der Waals surface area (Å²) < 4.78 is 0. The average molecular weight is 328 g/mol. The van der Waals surface area contributed by atoms with E-state index in [0.717, 1.165) is 50.5 Å². The van der Waals surface area contributed by atoms with E-state index in [0.29, 0.717) is 17.5 Å². The fourth-order valence-electron chi connectivity index (χ4n) is 4.09. The Bertz CT molecular complexity index is 639. The van der Waals surface area contributed by atoms with Crippen molar-refractivity contribution in [1.82, 2.24) is 9.80 Å². The lowest BCUT2D eigenvalue weighted by Gasteiger charge is -2.36. The van der Waals surface area contributed by atoms with Crippen molar-refractivity contribution in [3.05, 3.63) is 35.4 Å². The van der Waals surface area contributed by atoms with Crippen molar-refractivity contribution in [3.63, 3.8) is 0 Å². The first-order valence-electron chi connectivity index (χ1n) is 8.95. The van der Waals surface area contributed by atoms with E-state index in [-0.39, 0.29) is 5.92 Å². The number of piperidine rings is 1. The second-order valence-corrected chi connectivity index (χ2v) is 7.56. The summed E-state index contributed by atoms with van der Waals surface area (Å²) in [6.45, 7) is 3.52. The Balaban J connectivity index is 1.45. The van der Waals surface area contributed by atoms with Crippen LogP contribution in [-0.2, 0) is 11.3 Å². The van der Waals surface area contributed by atoms with E-state index in [4.69, 9.17) is 5.11 Å². The first kappa shape index (κ1) is 15.6. The van der Waals surface area contributed by atoms with Gasteiger partial charge in [0.25, 0.3) is 0 Å². The number of carbonyl (C=O) groups is 2. The number of hydrogen-bond donors (Lipinski definition) is 1. The van der Waals surface area contributed by atoms with E-state index in [1.165, 1.54) is 12.8 Å². The van der Waals surface area contributed by atoms with Gasteiger partial charge in [0.2, 0.25) is 5.91 Å². The summed E-state index contributed by atoms with van der Waals surface area (Å²) in [5.74, 6) is 0.351. The number of fused-ring (bicyclic) bond motifs is 4. The maximum absolute atomic E-state index is 12.7. The molecule has 3 saturated heterocycles. The van der Waals surface area contributed by atoms with Crippen LogP contribution in [0.5, 0.6) is 0 Å². The van der Waals surface area contributed by atoms with Gasteiger partial charge in [0, 0.05) is 32.2 Å². The number of amides is 1. The number of carbonyl (C=O) groups excluding carboxylic acids is 1. The molecule has 2 bridgehead atoms. The van der Waals surface area contributed by atoms with Crippen LogP contribution in [0, 0.1) is 11.8 Å². The zero-order valence-electron chi connectivity index (χ0n) is 13.9. The maximum atomic E-state index is 12.7. The Hall–Kier alpha value is -1.88. The van der Waals surface area contributed by atoms with Crippen LogP contribution in [0.15, 0.2) is 24.3 Å². The molecule has 4 fully saturated rings. The smallest absolute Gasteiger partial charge is 0.335 e. The Labute approximate surface area is 142 Å². The Morgan fingerprint density at radius 2 is 1.83 bits per heavy atom. The van der Waals surface area contributed by atoms with E-state index in [1.54, 1.807) is 12.1 Å². The first-order chi connectivity index (χ1) is 11.6. The van der Waals surface area contributed by atoms with Gasteiger partial charge in [-0.1, -0.05) is 12.1 Å². The second kappa shape index (κ2) is 6.20. The normalized spacial score (nSPS) is 27.3. The van der Waals surface area contributed by atoms with Crippen molar-refractivity contribution in [2.45, 2.75) is 38.3 Å². The highest BCUT2D eigenvalue weighted by Crippen LogP contribution is 2.35. The molecular weight excluding hydrogens is 304 g/mol. The highest BCUT2D eigenvalue weighted by molar-refractivity contribution is 5.87. The minimum atomic E-state index is -0.893. The third kappa shape index (κ3) is 3.18. The monoisotopic (exact) mass is 328 g/mol. The van der Waals surface area contributed by atoms with Gasteiger partial charge in [-0.15, -0.1) is 0 Å². The predicted molar refractivity (Wildman–Crippen MR) is 89.6 cm³/mol. The predicted octanol–water partition coefficient (Wildman–Crippen LogP) is 2.22. The van der Waals surface area contributed by atoms with Gasteiger partial charge in [-0.05, 0) is 49.3 Å². The molecule has 2 atom stereocenters. The topological polar surface area (TPSA) is 60.9 Å². The number of carboxylic acids is 1. The van der Waals surface area contributed by atoms with Gasteiger partial charge in [0.1, 0.15) is 0 Å².